The highest BCUT2D eigenvalue weighted by Gasteiger charge is 2.02. The second-order valence-corrected chi connectivity index (χ2v) is 2.28. The van der Waals surface area contributed by atoms with Crippen molar-refractivity contribution in [1.29, 1.82) is 0 Å². The average Bonchev–Trinajstić information content (AvgIpc) is 1.87. The zero-order valence-corrected chi connectivity index (χ0v) is 6.67. The predicted molar refractivity (Wildman–Crippen MR) is 40.0 cm³/mol. The molecule has 0 amide bonds. The Labute approximate surface area is 64.6 Å². The molecule has 0 N–H and O–H groups in total. The molecule has 0 heterocycles. The van der Waals surface area contributed by atoms with E-state index in [1.807, 2.05) is 0 Å². The topological polar surface area (TPSA) is 17.1 Å². The number of hydrogen-bond acceptors (Lipinski definition) is 1. The summed E-state index contributed by atoms with van der Waals surface area (Å²) in [6, 6.07) is 0. The van der Waals surface area contributed by atoms with Crippen LogP contribution >= 0.6 is 23.2 Å². The van der Waals surface area contributed by atoms with Crippen molar-refractivity contribution >= 4 is 29.0 Å². The minimum Gasteiger partial charge on any atom is -0.293 e. The Morgan fingerprint density at radius 3 is 2.56 bits per heavy atom. The van der Waals surface area contributed by atoms with E-state index in [9.17, 15) is 4.79 Å². The van der Waals surface area contributed by atoms with E-state index in [1.54, 1.807) is 13.0 Å². The molecule has 52 valence electrons. The third kappa shape index (κ3) is 3.55. The molecular weight excluding hydrogens is 159 g/mol. The van der Waals surface area contributed by atoms with Crippen LogP contribution in [0, 0.1) is 0 Å². The van der Waals surface area contributed by atoms with Crippen molar-refractivity contribution in [3.63, 3.8) is 0 Å². The Bertz CT molecular complexity index is 129. The summed E-state index contributed by atoms with van der Waals surface area (Å²) in [5.74, 6) is 0.247. The highest BCUT2D eigenvalue weighted by atomic mass is 35.5. The normalized spacial score (nSPS) is 11.7. The van der Waals surface area contributed by atoms with Crippen LogP contribution in [0.2, 0.25) is 0 Å². The van der Waals surface area contributed by atoms with Gasteiger partial charge in [0.1, 0.15) is 0 Å². The molecule has 0 aromatic rings. The minimum atomic E-state index is -0.0887. The second-order valence-electron chi connectivity index (χ2n) is 1.50. The quantitative estimate of drug-likeness (QED) is 0.465. The fourth-order valence-electron chi connectivity index (χ4n) is 0.366. The second kappa shape index (κ2) is 4.83. The molecule has 0 fully saturated rings. The van der Waals surface area contributed by atoms with Crippen LogP contribution in [0.15, 0.2) is 11.1 Å². The van der Waals surface area contributed by atoms with E-state index in [1.165, 1.54) is 0 Å². The van der Waals surface area contributed by atoms with E-state index in [0.29, 0.717) is 12.3 Å². The molecule has 0 aromatic heterocycles. The molecule has 0 radical (unpaired) electrons. The van der Waals surface area contributed by atoms with Crippen LogP contribution in [-0.2, 0) is 4.79 Å². The van der Waals surface area contributed by atoms with Gasteiger partial charge in [-0.1, -0.05) is 17.7 Å². The lowest BCUT2D eigenvalue weighted by molar-refractivity contribution is -0.114. The third-order valence-electron chi connectivity index (χ3n) is 0.841. The summed E-state index contributed by atoms with van der Waals surface area (Å²) in [5.41, 5.74) is 0. The third-order valence-corrected chi connectivity index (χ3v) is 1.46. The van der Waals surface area contributed by atoms with E-state index in [0.717, 1.165) is 0 Å². The van der Waals surface area contributed by atoms with Gasteiger partial charge >= 0.3 is 0 Å². The molecular formula is C6H8Cl2O. The van der Waals surface area contributed by atoms with E-state index in [2.05, 4.69) is 0 Å². The first-order chi connectivity index (χ1) is 4.22. The summed E-state index contributed by atoms with van der Waals surface area (Å²) in [6.07, 6.45) is 1.89. The van der Waals surface area contributed by atoms with Gasteiger partial charge in [-0.25, -0.2) is 0 Å². The van der Waals surface area contributed by atoms with Crippen LogP contribution in [-0.4, -0.2) is 11.7 Å². The van der Waals surface area contributed by atoms with Gasteiger partial charge in [-0.3, -0.25) is 4.79 Å². The van der Waals surface area contributed by atoms with Crippen molar-refractivity contribution in [3.05, 3.63) is 11.1 Å². The Morgan fingerprint density at radius 2 is 2.22 bits per heavy atom. The summed E-state index contributed by atoms with van der Waals surface area (Å²) < 4.78 is 0. The lowest BCUT2D eigenvalue weighted by atomic mass is 10.3. The molecule has 0 bridgehead atoms. The summed E-state index contributed by atoms with van der Waals surface area (Å²) in [4.78, 5) is 10.7. The largest absolute Gasteiger partial charge is 0.293 e. The number of rotatable bonds is 3. The van der Waals surface area contributed by atoms with Crippen LogP contribution < -0.4 is 0 Å². The van der Waals surface area contributed by atoms with Gasteiger partial charge in [-0.15, -0.1) is 11.6 Å². The predicted octanol–water partition coefficient (Wildman–Crippen LogP) is 2.33. The number of halogens is 2. The highest BCUT2D eigenvalue weighted by Crippen LogP contribution is 2.05. The van der Waals surface area contributed by atoms with Crippen LogP contribution in [0.1, 0.15) is 13.3 Å². The molecule has 3 heteroatoms. The molecule has 0 aliphatic carbocycles. The van der Waals surface area contributed by atoms with E-state index in [-0.39, 0.29) is 10.8 Å². The van der Waals surface area contributed by atoms with Crippen molar-refractivity contribution in [1.82, 2.24) is 0 Å². The minimum absolute atomic E-state index is 0.0887. The van der Waals surface area contributed by atoms with E-state index in [4.69, 9.17) is 23.2 Å². The maximum absolute atomic E-state index is 10.7. The van der Waals surface area contributed by atoms with Gasteiger partial charge in [0.2, 0.25) is 0 Å². The van der Waals surface area contributed by atoms with Gasteiger partial charge in [0, 0.05) is 12.3 Å². The fraction of sp³-hybridized carbons (Fsp3) is 0.500. The maximum Gasteiger partial charge on any atom is 0.175 e. The number of carbonyl (C=O) groups is 1. The van der Waals surface area contributed by atoms with Crippen molar-refractivity contribution in [3.8, 4) is 0 Å². The average molecular weight is 167 g/mol. The molecule has 9 heavy (non-hydrogen) atoms. The lowest BCUT2D eigenvalue weighted by Gasteiger charge is -1.91. The van der Waals surface area contributed by atoms with Gasteiger partial charge in [-0.2, -0.15) is 0 Å². The molecule has 1 nitrogen and oxygen atoms in total. The standard InChI is InChI=1S/C6H8Cl2O/c1-2-5(8)6(9)3-4-7/h2H,3-4H2,1H3. The van der Waals surface area contributed by atoms with Crippen LogP contribution in [0.3, 0.4) is 0 Å². The van der Waals surface area contributed by atoms with Gasteiger partial charge in [0.15, 0.2) is 5.78 Å². The lowest BCUT2D eigenvalue weighted by Crippen LogP contribution is -1.97. The Hall–Kier alpha value is -0.0100. The molecule has 0 saturated heterocycles. The molecule has 0 atom stereocenters. The van der Waals surface area contributed by atoms with Gasteiger partial charge in [0.25, 0.3) is 0 Å². The Balaban J connectivity index is 3.74. The molecule has 0 aliphatic rings. The molecule has 0 unspecified atom stereocenters. The summed E-state index contributed by atoms with van der Waals surface area (Å²) in [7, 11) is 0. The van der Waals surface area contributed by atoms with Crippen molar-refractivity contribution in [2.45, 2.75) is 13.3 Å². The summed E-state index contributed by atoms with van der Waals surface area (Å²) in [6.45, 7) is 1.72. The molecule has 0 aliphatic heterocycles. The smallest absolute Gasteiger partial charge is 0.175 e. The van der Waals surface area contributed by atoms with Gasteiger partial charge in [0.05, 0.1) is 5.03 Å². The summed E-state index contributed by atoms with van der Waals surface area (Å²) >= 11 is 10.7. The zero-order chi connectivity index (χ0) is 7.28. The first kappa shape index (κ1) is 8.99. The summed E-state index contributed by atoms with van der Waals surface area (Å²) in [5, 5.41) is 0.274. The van der Waals surface area contributed by atoms with Gasteiger partial charge in [-0.05, 0) is 6.92 Å². The molecule has 0 rings (SSSR count). The number of alkyl halides is 1. The van der Waals surface area contributed by atoms with Crippen molar-refractivity contribution in [2.24, 2.45) is 0 Å². The number of carbonyl (C=O) groups excluding carboxylic acids is 1. The SMILES string of the molecule is CC=C(Cl)C(=O)CCCl. The van der Waals surface area contributed by atoms with E-state index >= 15 is 0 Å². The zero-order valence-electron chi connectivity index (χ0n) is 5.16. The van der Waals surface area contributed by atoms with Gasteiger partial charge < -0.3 is 0 Å². The van der Waals surface area contributed by atoms with Crippen LogP contribution in [0.5, 0.6) is 0 Å². The number of ketones is 1. The Kier molecular flexibility index (Phi) is 4.83. The first-order valence-corrected chi connectivity index (χ1v) is 3.54. The Morgan fingerprint density at radius 1 is 1.67 bits per heavy atom. The fourth-order valence-corrected chi connectivity index (χ4v) is 0.632. The highest BCUT2D eigenvalue weighted by molar-refractivity contribution is 6.42. The maximum atomic E-state index is 10.7. The monoisotopic (exact) mass is 166 g/mol. The number of allylic oxidation sites excluding steroid dienone is 2. The molecule has 0 saturated carbocycles. The molecule has 0 aromatic carbocycles. The van der Waals surface area contributed by atoms with Crippen LogP contribution in [0.25, 0.3) is 0 Å². The number of hydrogen-bond donors (Lipinski definition) is 0. The first-order valence-electron chi connectivity index (χ1n) is 2.63. The van der Waals surface area contributed by atoms with Crippen LogP contribution in [0.4, 0.5) is 0 Å². The van der Waals surface area contributed by atoms with Crippen molar-refractivity contribution in [2.75, 3.05) is 5.88 Å². The van der Waals surface area contributed by atoms with Crippen molar-refractivity contribution < 1.29 is 4.79 Å². The number of Topliss-reactive ketones (excluding diaryl/α,β-unsaturated/α-hetero) is 1. The van der Waals surface area contributed by atoms with E-state index < -0.39 is 0 Å². The molecule has 0 spiro atoms.